The molecule has 376 valence electrons. The summed E-state index contributed by atoms with van der Waals surface area (Å²) in [6, 6.07) is 111. The minimum Gasteiger partial charge on any atom is -0.0622 e. The predicted molar refractivity (Wildman–Crippen MR) is 345 cm³/mol. The van der Waals surface area contributed by atoms with E-state index in [4.69, 9.17) is 0 Å². The van der Waals surface area contributed by atoms with Crippen LogP contribution in [0.3, 0.4) is 0 Å². The van der Waals surface area contributed by atoms with E-state index in [0.29, 0.717) is 0 Å². The van der Waals surface area contributed by atoms with Crippen molar-refractivity contribution >= 4 is 32.3 Å². The molecule has 0 aromatic heterocycles. The number of hydrogen-bond donors (Lipinski definition) is 0. The van der Waals surface area contributed by atoms with E-state index in [-0.39, 0.29) is 0 Å². The first kappa shape index (κ1) is 46.7. The molecule has 0 N–H and O–H groups in total. The van der Waals surface area contributed by atoms with Crippen LogP contribution in [0, 0.1) is 6.92 Å². The van der Waals surface area contributed by atoms with Gasteiger partial charge in [-0.05, 0) is 209 Å². The molecule has 0 nitrogen and oxygen atoms in total. The van der Waals surface area contributed by atoms with Crippen LogP contribution in [0.2, 0.25) is 0 Å². The fraction of sp³-hybridized carbons (Fsp3) is 0.0123. The first-order chi connectivity index (χ1) is 40.2. The summed E-state index contributed by atoms with van der Waals surface area (Å²) in [4.78, 5) is 0. The molecule has 0 fully saturated rings. The summed E-state index contributed by atoms with van der Waals surface area (Å²) in [5.74, 6) is 0. The topological polar surface area (TPSA) is 0 Å². The lowest BCUT2D eigenvalue weighted by Gasteiger charge is -2.19. The second kappa shape index (κ2) is 18.9. The summed E-state index contributed by atoms with van der Waals surface area (Å²) in [6.07, 6.45) is 0. The van der Waals surface area contributed by atoms with Crippen molar-refractivity contribution in [2.24, 2.45) is 0 Å². The standard InChI is InChI=1S/C81H52/c1-51-72-66(56-34-18-6-19-35-56)47-60-46-61(48-67(57-36-20-7-21-37-57)73(51)76-63(53-28-12-3-13-29-53)43-42-62(75(72)76)52-26-10-2-11-27-52)71-50-69(59-40-24-9-25-41-59)80-78-65(55-32-16-5-17-33-55)45-44-64(54-30-14-4-15-31-54)77(78)79-68(58-38-22-8-23-39-58)49-70(60)74(71)81(79)80/h2-50H,1H3. The highest BCUT2D eigenvalue weighted by atomic mass is 14.4. The summed E-state index contributed by atoms with van der Waals surface area (Å²) in [5, 5.41) is 7.41. The van der Waals surface area contributed by atoms with Crippen molar-refractivity contribution in [3.8, 4) is 134 Å². The van der Waals surface area contributed by atoms with Gasteiger partial charge in [0.05, 0.1) is 0 Å². The molecular formula is C81H52. The molecule has 0 radical (unpaired) electrons. The predicted octanol–water partition coefficient (Wildman–Crippen LogP) is 22.6. The van der Waals surface area contributed by atoms with E-state index in [2.05, 4.69) is 304 Å². The van der Waals surface area contributed by atoms with Crippen molar-refractivity contribution in [1.29, 1.82) is 0 Å². The van der Waals surface area contributed by atoms with Gasteiger partial charge in [-0.3, -0.25) is 0 Å². The maximum Gasteiger partial charge on any atom is -0.0000929 e. The molecule has 0 heterocycles. The van der Waals surface area contributed by atoms with E-state index in [1.165, 1.54) is 171 Å². The van der Waals surface area contributed by atoms with Gasteiger partial charge in [-0.2, -0.15) is 0 Å². The summed E-state index contributed by atoms with van der Waals surface area (Å²) in [5.41, 5.74) is 30.7. The molecule has 16 rings (SSSR count). The lowest BCUT2D eigenvalue weighted by Crippen LogP contribution is -1.92. The van der Waals surface area contributed by atoms with Crippen LogP contribution in [0.4, 0.5) is 0 Å². The van der Waals surface area contributed by atoms with Crippen molar-refractivity contribution in [3.05, 3.63) is 303 Å². The lowest BCUT2D eigenvalue weighted by molar-refractivity contribution is 1.52. The number of hydrogen-bond acceptors (Lipinski definition) is 0. The first-order valence-electron chi connectivity index (χ1n) is 28.2. The summed E-state index contributed by atoms with van der Waals surface area (Å²) < 4.78 is 0. The molecule has 2 aliphatic carbocycles. The third-order valence-corrected chi connectivity index (χ3v) is 17.3. The van der Waals surface area contributed by atoms with E-state index in [1.54, 1.807) is 0 Å². The summed E-state index contributed by atoms with van der Waals surface area (Å²) in [7, 11) is 0. The number of fused-ring (bicyclic) bond motifs is 12. The van der Waals surface area contributed by atoms with Gasteiger partial charge in [-0.1, -0.05) is 267 Å². The smallest absolute Gasteiger partial charge is 0.0000929 e. The zero-order chi connectivity index (χ0) is 53.5. The molecule has 0 atom stereocenters. The molecule has 2 aliphatic rings. The molecule has 14 aromatic rings. The number of benzene rings is 13. The molecule has 14 aromatic carbocycles. The van der Waals surface area contributed by atoms with E-state index in [1.807, 2.05) is 0 Å². The Bertz CT molecular complexity index is 4530. The highest BCUT2D eigenvalue weighted by Gasteiger charge is 2.36. The Balaban J connectivity index is 1.18. The Hall–Kier alpha value is -10.4. The van der Waals surface area contributed by atoms with Gasteiger partial charge in [0, 0.05) is 0 Å². The van der Waals surface area contributed by atoms with Crippen molar-refractivity contribution < 1.29 is 0 Å². The molecule has 0 saturated heterocycles. The molecule has 0 spiro atoms. The van der Waals surface area contributed by atoms with Crippen LogP contribution in [0.1, 0.15) is 5.56 Å². The second-order valence-corrected chi connectivity index (χ2v) is 21.7. The van der Waals surface area contributed by atoms with Crippen LogP contribution < -0.4 is 0 Å². The van der Waals surface area contributed by atoms with Gasteiger partial charge >= 0.3 is 0 Å². The Morgan fingerprint density at radius 3 is 0.654 bits per heavy atom. The third kappa shape index (κ3) is 7.38. The van der Waals surface area contributed by atoms with Crippen molar-refractivity contribution in [2.75, 3.05) is 0 Å². The zero-order valence-corrected chi connectivity index (χ0v) is 44.8. The van der Waals surface area contributed by atoms with Crippen LogP contribution in [0.15, 0.2) is 297 Å². The van der Waals surface area contributed by atoms with Crippen LogP contribution >= 0.6 is 0 Å². The van der Waals surface area contributed by atoms with Crippen LogP contribution in [-0.4, -0.2) is 0 Å². The average molecular weight is 1030 g/mol. The lowest BCUT2D eigenvalue weighted by atomic mass is 9.83. The highest BCUT2D eigenvalue weighted by Crippen LogP contribution is 2.63. The molecule has 4 bridgehead atoms. The third-order valence-electron chi connectivity index (χ3n) is 17.3. The van der Waals surface area contributed by atoms with Crippen LogP contribution in [-0.2, 0) is 0 Å². The average Bonchev–Trinajstić information content (AvgIpc) is 2.74. The van der Waals surface area contributed by atoms with Gasteiger partial charge < -0.3 is 0 Å². The van der Waals surface area contributed by atoms with E-state index < -0.39 is 0 Å². The Labute approximate surface area is 472 Å². The van der Waals surface area contributed by atoms with E-state index in [0.717, 1.165) is 0 Å². The molecule has 0 heteroatoms. The highest BCUT2D eigenvalue weighted by molar-refractivity contribution is 6.37. The molecule has 0 saturated carbocycles. The zero-order valence-electron chi connectivity index (χ0n) is 44.8. The van der Waals surface area contributed by atoms with Gasteiger partial charge in [-0.15, -0.1) is 0 Å². The van der Waals surface area contributed by atoms with Gasteiger partial charge in [0.25, 0.3) is 0 Å². The van der Waals surface area contributed by atoms with Crippen LogP contribution in [0.5, 0.6) is 0 Å². The van der Waals surface area contributed by atoms with Crippen LogP contribution in [0.25, 0.3) is 166 Å². The van der Waals surface area contributed by atoms with Gasteiger partial charge in [0.2, 0.25) is 0 Å². The largest absolute Gasteiger partial charge is 0.0622 e. The minimum atomic E-state index is 1.18. The minimum absolute atomic E-state index is 1.18. The molecular weight excluding hydrogens is 973 g/mol. The molecule has 0 aliphatic heterocycles. The molecule has 81 heavy (non-hydrogen) atoms. The summed E-state index contributed by atoms with van der Waals surface area (Å²) >= 11 is 0. The van der Waals surface area contributed by atoms with Crippen molar-refractivity contribution in [1.82, 2.24) is 0 Å². The Kier molecular flexibility index (Phi) is 10.9. The quantitative estimate of drug-likeness (QED) is 0.142. The Morgan fingerprint density at radius 1 is 0.173 bits per heavy atom. The van der Waals surface area contributed by atoms with Gasteiger partial charge in [0.15, 0.2) is 0 Å². The van der Waals surface area contributed by atoms with E-state index in [9.17, 15) is 0 Å². The number of rotatable bonds is 8. The van der Waals surface area contributed by atoms with Crippen molar-refractivity contribution in [2.45, 2.75) is 6.92 Å². The molecule has 0 unspecified atom stereocenters. The fourth-order valence-electron chi connectivity index (χ4n) is 13.9. The van der Waals surface area contributed by atoms with Gasteiger partial charge in [-0.25, -0.2) is 0 Å². The maximum atomic E-state index is 2.56. The monoisotopic (exact) mass is 1020 g/mol. The Morgan fingerprint density at radius 2 is 0.395 bits per heavy atom. The second-order valence-electron chi connectivity index (χ2n) is 21.7. The molecule has 0 amide bonds. The fourth-order valence-corrected chi connectivity index (χ4v) is 13.9. The first-order valence-corrected chi connectivity index (χ1v) is 28.2. The SMILES string of the molecule is Cc1c2c(-c3ccccc3)cc3cc(cc(-c4ccccc4)c1-c1c(-c4ccccc4)ccc(-c4ccccc4)c1-2)c1cc(-c2ccccc2)c2c4c(c(-c5ccccc5)cc3c41)-c1c(-c3ccccc3)ccc(-c3ccccc3)c1-2. The normalized spacial score (nSPS) is 11.8. The van der Waals surface area contributed by atoms with E-state index >= 15 is 0 Å². The maximum absolute atomic E-state index is 2.56. The van der Waals surface area contributed by atoms with Crippen molar-refractivity contribution in [3.63, 3.8) is 0 Å². The summed E-state index contributed by atoms with van der Waals surface area (Å²) in [6.45, 7) is 2.39. The van der Waals surface area contributed by atoms with Gasteiger partial charge in [0.1, 0.15) is 0 Å².